The van der Waals surface area contributed by atoms with Crippen LogP contribution in [0.1, 0.15) is 16.1 Å². The molecule has 3 aromatic rings. The highest BCUT2D eigenvalue weighted by molar-refractivity contribution is 7.17. The average Bonchev–Trinajstić information content (AvgIpc) is 3.36. The number of primary amides is 1. The molecule has 0 fully saturated rings. The Kier molecular flexibility index (Phi) is 4.58. The van der Waals surface area contributed by atoms with Gasteiger partial charge in [-0.1, -0.05) is 18.2 Å². The predicted molar refractivity (Wildman–Crippen MR) is 105 cm³/mol. The minimum absolute atomic E-state index is 0.0722. The molecule has 3 aromatic heterocycles. The van der Waals surface area contributed by atoms with Gasteiger partial charge in [0, 0.05) is 18.9 Å². The number of aromatic nitrogens is 3. The number of nitrogens with one attached hydrogen (secondary N) is 1. The Morgan fingerprint density at radius 2 is 2.04 bits per heavy atom. The fourth-order valence-corrected chi connectivity index (χ4v) is 3.51. The van der Waals surface area contributed by atoms with Crippen LogP contribution in [0.3, 0.4) is 0 Å². The van der Waals surface area contributed by atoms with Gasteiger partial charge in [0.15, 0.2) is 5.69 Å². The number of esters is 1. The molecular formula is C19H15N5O3S. The topological polar surface area (TPSA) is 120 Å². The number of anilines is 1. The lowest BCUT2D eigenvalue weighted by Gasteiger charge is -2.21. The molecule has 9 heteroatoms. The first-order valence-corrected chi connectivity index (χ1v) is 9.24. The highest BCUT2D eigenvalue weighted by Crippen LogP contribution is 2.27. The van der Waals surface area contributed by atoms with Crippen LogP contribution >= 0.6 is 11.3 Å². The van der Waals surface area contributed by atoms with E-state index in [2.05, 4.69) is 20.3 Å². The van der Waals surface area contributed by atoms with Crippen LogP contribution in [0.4, 0.5) is 5.95 Å². The van der Waals surface area contributed by atoms with E-state index < -0.39 is 17.5 Å². The number of nitrogens with two attached hydrogens (primary N) is 1. The van der Waals surface area contributed by atoms with Gasteiger partial charge in [0.2, 0.25) is 11.5 Å². The van der Waals surface area contributed by atoms with Crippen molar-refractivity contribution in [1.29, 1.82) is 0 Å². The third-order valence-electron chi connectivity index (χ3n) is 4.12. The number of rotatable bonds is 6. The van der Waals surface area contributed by atoms with Crippen LogP contribution < -0.4 is 11.1 Å². The number of hydrogen-bond donors (Lipinski definition) is 2. The summed E-state index contributed by atoms with van der Waals surface area (Å²) in [6.45, 7) is 0.439. The lowest BCUT2D eigenvalue weighted by atomic mass is 10.1. The molecule has 3 heterocycles. The van der Waals surface area contributed by atoms with Crippen LogP contribution in [0.5, 0.6) is 0 Å². The number of pyridine rings is 1. The van der Waals surface area contributed by atoms with E-state index in [0.29, 0.717) is 16.8 Å². The Bertz CT molecular complexity index is 1100. The van der Waals surface area contributed by atoms with Crippen molar-refractivity contribution in [2.24, 2.45) is 5.73 Å². The number of fused-ring (bicyclic) bond motifs is 1. The second kappa shape index (κ2) is 7.20. The Labute approximate surface area is 163 Å². The van der Waals surface area contributed by atoms with Crippen LogP contribution in [0.25, 0.3) is 10.2 Å². The van der Waals surface area contributed by atoms with E-state index in [9.17, 15) is 9.59 Å². The van der Waals surface area contributed by atoms with Gasteiger partial charge >= 0.3 is 5.97 Å². The Morgan fingerprint density at radius 3 is 2.75 bits per heavy atom. The van der Waals surface area contributed by atoms with Crippen molar-refractivity contribution in [3.05, 3.63) is 71.5 Å². The summed E-state index contributed by atoms with van der Waals surface area (Å²) in [6.07, 6.45) is 9.47. The third kappa shape index (κ3) is 3.35. The first-order chi connectivity index (χ1) is 13.6. The summed E-state index contributed by atoms with van der Waals surface area (Å²) in [5.41, 5.74) is 5.44. The number of thiophene rings is 1. The second-order valence-electron chi connectivity index (χ2n) is 6.01. The van der Waals surface area contributed by atoms with Crippen LogP contribution in [-0.2, 0) is 16.1 Å². The predicted octanol–water partition coefficient (Wildman–Crippen LogP) is 2.21. The van der Waals surface area contributed by atoms with Crippen LogP contribution in [-0.4, -0.2) is 32.4 Å². The maximum absolute atomic E-state index is 12.8. The number of ether oxygens (including phenoxy) is 1. The van der Waals surface area contributed by atoms with Gasteiger partial charge < -0.3 is 15.8 Å². The minimum Gasteiger partial charge on any atom is -0.435 e. The van der Waals surface area contributed by atoms with Crippen molar-refractivity contribution < 1.29 is 14.3 Å². The summed E-state index contributed by atoms with van der Waals surface area (Å²) >= 11 is 1.31. The fraction of sp³-hybridized carbons (Fsp3) is 0.105. The molecule has 28 heavy (non-hydrogen) atoms. The van der Waals surface area contributed by atoms with E-state index in [1.54, 1.807) is 36.0 Å². The van der Waals surface area contributed by atoms with Gasteiger partial charge in [0.25, 0.3) is 5.91 Å². The molecule has 0 bridgehead atoms. The van der Waals surface area contributed by atoms with E-state index in [1.165, 1.54) is 23.5 Å². The molecule has 8 nitrogen and oxygen atoms in total. The second-order valence-corrected chi connectivity index (χ2v) is 6.93. The summed E-state index contributed by atoms with van der Waals surface area (Å²) in [6, 6.07) is 5.52. The standard InChI is InChI=1S/C19H15N5O3S/c20-17(26)19(6-1-2-7-19)27-16(25)14-15-13(5-9-28-15)23-18(24-14)22-11-12-4-3-8-21-10-12/h1-10H,11H2,(H2,20,26)(H,22,23,24). The van der Waals surface area contributed by atoms with E-state index in [4.69, 9.17) is 10.5 Å². The molecule has 1 amide bonds. The number of allylic oxidation sites excluding steroid dienone is 2. The molecule has 0 unspecified atom stereocenters. The van der Waals surface area contributed by atoms with Crippen molar-refractivity contribution in [3.8, 4) is 0 Å². The zero-order chi connectivity index (χ0) is 19.6. The zero-order valence-corrected chi connectivity index (χ0v) is 15.3. The van der Waals surface area contributed by atoms with Crippen LogP contribution in [0.15, 0.2) is 60.3 Å². The molecule has 0 saturated heterocycles. The summed E-state index contributed by atoms with van der Waals surface area (Å²) < 4.78 is 6.01. The van der Waals surface area contributed by atoms with Gasteiger partial charge in [-0.2, -0.15) is 0 Å². The number of carbonyl (C=O) groups is 2. The van der Waals surface area contributed by atoms with Crippen molar-refractivity contribution >= 4 is 39.4 Å². The molecule has 0 saturated carbocycles. The number of hydrogen-bond acceptors (Lipinski definition) is 8. The SMILES string of the molecule is NC(=O)C1(OC(=O)c2nc(NCc3cccnc3)nc3ccsc23)C=CC=C1. The lowest BCUT2D eigenvalue weighted by molar-refractivity contribution is -0.129. The highest BCUT2D eigenvalue weighted by Gasteiger charge is 2.38. The quantitative estimate of drug-likeness (QED) is 0.616. The number of carbonyl (C=O) groups excluding carboxylic acids is 2. The Balaban J connectivity index is 1.63. The van der Waals surface area contributed by atoms with E-state index in [0.717, 1.165) is 5.56 Å². The molecule has 0 aromatic carbocycles. The first kappa shape index (κ1) is 17.8. The summed E-state index contributed by atoms with van der Waals surface area (Å²) in [5.74, 6) is -1.26. The van der Waals surface area contributed by atoms with Gasteiger partial charge in [0.05, 0.1) is 10.2 Å². The number of amides is 1. The van der Waals surface area contributed by atoms with E-state index >= 15 is 0 Å². The number of nitrogens with zero attached hydrogens (tertiary/aromatic N) is 3. The van der Waals surface area contributed by atoms with E-state index in [1.807, 2.05) is 12.1 Å². The summed E-state index contributed by atoms with van der Waals surface area (Å²) in [4.78, 5) is 37.4. The maximum Gasteiger partial charge on any atom is 0.360 e. The average molecular weight is 393 g/mol. The molecule has 0 spiro atoms. The van der Waals surface area contributed by atoms with Crippen LogP contribution in [0.2, 0.25) is 0 Å². The fourth-order valence-electron chi connectivity index (χ4n) is 2.70. The van der Waals surface area contributed by atoms with Crippen LogP contribution in [0, 0.1) is 0 Å². The molecule has 0 atom stereocenters. The maximum atomic E-state index is 12.8. The first-order valence-electron chi connectivity index (χ1n) is 8.36. The van der Waals surface area contributed by atoms with Crippen molar-refractivity contribution in [3.63, 3.8) is 0 Å². The molecule has 1 aliphatic carbocycles. The van der Waals surface area contributed by atoms with Gasteiger partial charge in [-0.3, -0.25) is 9.78 Å². The van der Waals surface area contributed by atoms with E-state index in [-0.39, 0.29) is 11.6 Å². The Morgan fingerprint density at radius 1 is 1.21 bits per heavy atom. The highest BCUT2D eigenvalue weighted by atomic mass is 32.1. The summed E-state index contributed by atoms with van der Waals surface area (Å²) in [5, 5.41) is 4.88. The van der Waals surface area contributed by atoms with Gasteiger partial charge in [-0.15, -0.1) is 11.3 Å². The van der Waals surface area contributed by atoms with Gasteiger partial charge in [-0.05, 0) is 35.2 Å². The third-order valence-corrected chi connectivity index (χ3v) is 5.03. The smallest absolute Gasteiger partial charge is 0.360 e. The van der Waals surface area contributed by atoms with Gasteiger partial charge in [-0.25, -0.2) is 14.8 Å². The zero-order valence-electron chi connectivity index (χ0n) is 14.5. The molecule has 3 N–H and O–H groups in total. The van der Waals surface area contributed by atoms with Crippen molar-refractivity contribution in [1.82, 2.24) is 15.0 Å². The van der Waals surface area contributed by atoms with Crippen molar-refractivity contribution in [2.75, 3.05) is 5.32 Å². The molecule has 0 radical (unpaired) electrons. The van der Waals surface area contributed by atoms with Gasteiger partial charge in [0.1, 0.15) is 0 Å². The molecular weight excluding hydrogens is 378 g/mol. The molecule has 140 valence electrons. The largest absolute Gasteiger partial charge is 0.435 e. The molecule has 4 rings (SSSR count). The molecule has 1 aliphatic rings. The van der Waals surface area contributed by atoms with Crippen molar-refractivity contribution in [2.45, 2.75) is 12.1 Å². The Hall–Kier alpha value is -3.59. The monoisotopic (exact) mass is 393 g/mol. The lowest BCUT2D eigenvalue weighted by Crippen LogP contribution is -2.43. The minimum atomic E-state index is -1.60. The normalized spacial score (nSPS) is 14.3. The molecule has 0 aliphatic heterocycles. The summed E-state index contributed by atoms with van der Waals surface area (Å²) in [7, 11) is 0.